The van der Waals surface area contributed by atoms with Gasteiger partial charge in [0.05, 0.1) is 0 Å². The number of phenolic OH excluding ortho intramolecular Hbond substituents is 2. The van der Waals surface area contributed by atoms with E-state index >= 15 is 0 Å². The van der Waals surface area contributed by atoms with Crippen LogP contribution < -0.4 is 4.74 Å². The molecule has 134 valence electrons. The second-order valence-corrected chi connectivity index (χ2v) is 4.30. The molecule has 0 unspecified atom stereocenters. The largest absolute Gasteiger partial charge is 0.503 e. The van der Waals surface area contributed by atoms with Gasteiger partial charge in [0.25, 0.3) is 0 Å². The van der Waals surface area contributed by atoms with Gasteiger partial charge in [-0.1, -0.05) is 0 Å². The van der Waals surface area contributed by atoms with E-state index < -0.39 is 75.3 Å². The molecule has 25 heavy (non-hydrogen) atoms. The molecule has 0 amide bonds. The number of carbonyl (C=O) groups is 1. The van der Waals surface area contributed by atoms with Crippen LogP contribution in [0.1, 0.15) is 10.4 Å². The van der Waals surface area contributed by atoms with Crippen LogP contribution in [0.25, 0.3) is 0 Å². The molecule has 0 radical (unpaired) electrons. The molecule has 0 heterocycles. The van der Waals surface area contributed by atoms with Crippen molar-refractivity contribution in [2.24, 2.45) is 0 Å². The first-order valence-electron chi connectivity index (χ1n) is 5.82. The Hall–Kier alpha value is -3.05. The Balaban J connectivity index is 2.61. The molecule has 0 aliphatic heterocycles. The molecule has 0 spiro atoms. The summed E-state index contributed by atoms with van der Waals surface area (Å²) in [5.74, 6) is -28.5. The monoisotopic (exact) mass is 374 g/mol. The Labute approximate surface area is 131 Å². The third-order valence-corrected chi connectivity index (χ3v) is 2.84. The quantitative estimate of drug-likeness (QED) is 0.366. The van der Waals surface area contributed by atoms with Gasteiger partial charge >= 0.3 is 5.97 Å². The molecule has 0 atom stereocenters. The zero-order valence-electron chi connectivity index (χ0n) is 11.2. The Bertz CT molecular complexity index is 854. The van der Waals surface area contributed by atoms with E-state index in [-0.39, 0.29) is 0 Å². The SMILES string of the molecule is O=C(Oc1c(F)c(F)c(O)c(F)c1F)c1c(F)c(F)c(O)c(F)c1F. The lowest BCUT2D eigenvalue weighted by Crippen LogP contribution is -2.18. The summed E-state index contributed by atoms with van der Waals surface area (Å²) in [6, 6.07) is 0. The molecule has 0 bridgehead atoms. The topological polar surface area (TPSA) is 66.8 Å². The molecule has 0 fully saturated rings. The van der Waals surface area contributed by atoms with Gasteiger partial charge in [-0.2, -0.15) is 26.3 Å². The van der Waals surface area contributed by atoms with Crippen molar-refractivity contribution in [1.29, 1.82) is 0 Å². The maximum Gasteiger partial charge on any atom is 0.349 e. The number of carbonyl (C=O) groups excluding carboxylic acids is 1. The highest BCUT2D eigenvalue weighted by atomic mass is 19.2. The Morgan fingerprint density at radius 2 is 0.920 bits per heavy atom. The predicted molar refractivity (Wildman–Crippen MR) is 60.8 cm³/mol. The van der Waals surface area contributed by atoms with Gasteiger partial charge in [0.2, 0.25) is 40.7 Å². The second kappa shape index (κ2) is 6.11. The van der Waals surface area contributed by atoms with Crippen LogP contribution in [0.5, 0.6) is 17.2 Å². The first-order valence-corrected chi connectivity index (χ1v) is 5.82. The molecule has 2 N–H and O–H groups in total. The molecule has 0 aromatic heterocycles. The van der Waals surface area contributed by atoms with Gasteiger partial charge in [0, 0.05) is 0 Å². The molecule has 0 aliphatic carbocycles. The van der Waals surface area contributed by atoms with Crippen LogP contribution in [0.15, 0.2) is 0 Å². The lowest BCUT2D eigenvalue weighted by atomic mass is 10.1. The summed E-state index contributed by atoms with van der Waals surface area (Å²) in [6.07, 6.45) is 0. The fourth-order valence-corrected chi connectivity index (χ4v) is 1.63. The number of esters is 1. The van der Waals surface area contributed by atoms with Crippen LogP contribution in [0.4, 0.5) is 35.1 Å². The van der Waals surface area contributed by atoms with Crippen LogP contribution in [-0.4, -0.2) is 16.2 Å². The molecule has 0 saturated heterocycles. The summed E-state index contributed by atoms with van der Waals surface area (Å²) < 4.78 is 110. The van der Waals surface area contributed by atoms with Crippen molar-refractivity contribution in [2.45, 2.75) is 0 Å². The fraction of sp³-hybridized carbons (Fsp3) is 0. The van der Waals surface area contributed by atoms with Crippen molar-refractivity contribution in [2.75, 3.05) is 0 Å². The average molecular weight is 374 g/mol. The van der Waals surface area contributed by atoms with E-state index in [0.29, 0.717) is 0 Å². The number of ether oxygens (including phenoxy) is 1. The minimum atomic E-state index is -2.50. The van der Waals surface area contributed by atoms with E-state index in [1.165, 1.54) is 0 Å². The zero-order valence-corrected chi connectivity index (χ0v) is 11.2. The maximum atomic E-state index is 13.5. The fourth-order valence-electron chi connectivity index (χ4n) is 1.63. The third-order valence-electron chi connectivity index (χ3n) is 2.84. The second-order valence-electron chi connectivity index (χ2n) is 4.30. The van der Waals surface area contributed by atoms with Gasteiger partial charge in [-0.05, 0) is 0 Å². The van der Waals surface area contributed by atoms with Gasteiger partial charge in [-0.3, -0.25) is 0 Å². The summed E-state index contributed by atoms with van der Waals surface area (Å²) >= 11 is 0. The highest BCUT2D eigenvalue weighted by Crippen LogP contribution is 2.35. The van der Waals surface area contributed by atoms with Crippen molar-refractivity contribution >= 4 is 5.97 Å². The minimum absolute atomic E-state index is 2.12. The smallest absolute Gasteiger partial charge is 0.349 e. The highest BCUT2D eigenvalue weighted by molar-refractivity contribution is 5.92. The van der Waals surface area contributed by atoms with E-state index in [9.17, 15) is 39.9 Å². The number of rotatable bonds is 2. The number of benzene rings is 2. The maximum absolute atomic E-state index is 13.5. The Morgan fingerprint density at radius 3 is 1.28 bits per heavy atom. The van der Waals surface area contributed by atoms with E-state index in [0.717, 1.165) is 0 Å². The molecule has 0 saturated carbocycles. The molecular weight excluding hydrogens is 372 g/mol. The van der Waals surface area contributed by atoms with Crippen molar-refractivity contribution in [1.82, 2.24) is 0 Å². The summed E-state index contributed by atoms with van der Waals surface area (Å²) in [7, 11) is 0. The number of phenols is 2. The predicted octanol–water partition coefficient (Wildman–Crippen LogP) is 3.43. The van der Waals surface area contributed by atoms with Gasteiger partial charge in [-0.15, -0.1) is 0 Å². The van der Waals surface area contributed by atoms with Crippen LogP contribution in [-0.2, 0) is 0 Å². The van der Waals surface area contributed by atoms with E-state index in [4.69, 9.17) is 10.2 Å². The summed E-state index contributed by atoms with van der Waals surface area (Å²) in [5.41, 5.74) is -2.18. The van der Waals surface area contributed by atoms with E-state index in [2.05, 4.69) is 4.74 Å². The summed E-state index contributed by atoms with van der Waals surface area (Å²) in [6.45, 7) is 0. The zero-order chi connectivity index (χ0) is 19.2. The average Bonchev–Trinajstić information content (AvgIpc) is 2.58. The van der Waals surface area contributed by atoms with Crippen molar-refractivity contribution in [3.63, 3.8) is 0 Å². The van der Waals surface area contributed by atoms with Crippen LogP contribution in [0, 0.1) is 46.5 Å². The Kier molecular flexibility index (Phi) is 4.47. The third kappa shape index (κ3) is 2.68. The summed E-state index contributed by atoms with van der Waals surface area (Å²) in [5, 5.41) is 17.4. The van der Waals surface area contributed by atoms with E-state index in [1.807, 2.05) is 0 Å². The standard InChI is InChI=1S/C13H2F8O4/c14-2-1(3(15)5(17)10(22)4(2)16)13(24)25-12-8(20)6(18)11(23)7(19)9(12)21/h22-23H. The van der Waals surface area contributed by atoms with Gasteiger partial charge in [-0.25, -0.2) is 13.6 Å². The number of aromatic hydroxyl groups is 2. The summed E-state index contributed by atoms with van der Waals surface area (Å²) in [4.78, 5) is 11.5. The molecule has 4 nitrogen and oxygen atoms in total. The Morgan fingerprint density at radius 1 is 0.600 bits per heavy atom. The molecule has 2 aromatic rings. The highest BCUT2D eigenvalue weighted by Gasteiger charge is 2.33. The van der Waals surface area contributed by atoms with Gasteiger partial charge < -0.3 is 14.9 Å². The lowest BCUT2D eigenvalue weighted by Gasteiger charge is -2.11. The number of halogens is 8. The molecule has 12 heteroatoms. The first kappa shape index (κ1) is 18.3. The molecule has 0 aliphatic rings. The lowest BCUT2D eigenvalue weighted by molar-refractivity contribution is 0.0702. The van der Waals surface area contributed by atoms with Crippen molar-refractivity contribution < 1.29 is 54.9 Å². The van der Waals surface area contributed by atoms with Crippen LogP contribution >= 0.6 is 0 Å². The number of hydrogen-bond acceptors (Lipinski definition) is 4. The van der Waals surface area contributed by atoms with E-state index in [1.54, 1.807) is 0 Å². The normalized spacial score (nSPS) is 10.9. The minimum Gasteiger partial charge on any atom is -0.503 e. The first-order chi connectivity index (χ1) is 11.5. The molecule has 2 aromatic carbocycles. The number of hydrogen-bond donors (Lipinski definition) is 2. The van der Waals surface area contributed by atoms with Gasteiger partial charge in [0.1, 0.15) is 5.56 Å². The molecular formula is C13H2F8O4. The van der Waals surface area contributed by atoms with Crippen molar-refractivity contribution in [3.05, 3.63) is 52.1 Å². The van der Waals surface area contributed by atoms with Crippen molar-refractivity contribution in [3.8, 4) is 17.2 Å². The van der Waals surface area contributed by atoms with Gasteiger partial charge in [0.15, 0.2) is 23.1 Å². The van der Waals surface area contributed by atoms with Crippen LogP contribution in [0.3, 0.4) is 0 Å². The molecule has 2 rings (SSSR count). The van der Waals surface area contributed by atoms with Crippen LogP contribution in [0.2, 0.25) is 0 Å².